The first kappa shape index (κ1) is 22.5. The van der Waals surface area contributed by atoms with E-state index in [0.29, 0.717) is 41.5 Å². The number of anilines is 1. The second-order valence-electron chi connectivity index (χ2n) is 8.74. The maximum atomic E-state index is 12.2. The number of amides is 1. The molecule has 0 unspecified atom stereocenters. The van der Waals surface area contributed by atoms with Crippen LogP contribution in [-0.2, 0) is 16.6 Å². The number of carbonyl (C=O) groups excluding carboxylic acids is 1. The Hall–Kier alpha value is -3.17. The maximum absolute atomic E-state index is 12.2. The van der Waals surface area contributed by atoms with Crippen molar-refractivity contribution in [1.29, 1.82) is 0 Å². The molecule has 0 aromatic carbocycles. The lowest BCUT2D eigenvalue weighted by molar-refractivity contribution is -0.143. The van der Waals surface area contributed by atoms with E-state index in [1.807, 2.05) is 0 Å². The number of aromatic nitrogens is 4. The van der Waals surface area contributed by atoms with Crippen LogP contribution in [0, 0.1) is 12.8 Å². The molecule has 2 N–H and O–H groups in total. The number of aliphatic carboxylic acids is 1. The van der Waals surface area contributed by atoms with E-state index in [1.165, 1.54) is 4.68 Å². The van der Waals surface area contributed by atoms with Gasteiger partial charge in [0, 0.05) is 7.05 Å². The molecule has 0 saturated heterocycles. The minimum absolute atomic E-state index is 0.175. The Balaban J connectivity index is 1.76. The highest BCUT2D eigenvalue weighted by Gasteiger charge is 2.29. The Morgan fingerprint density at radius 3 is 2.65 bits per heavy atom. The largest absolute Gasteiger partial charge is 0.487 e. The SMILES string of the molecule is Cc1nc(-c2cnn(C)c2NC(=O)OC(C)(C)C)ncc1O[C@H]1CCC[C@H](C(=O)O)C1. The molecule has 1 aliphatic carbocycles. The van der Waals surface area contributed by atoms with Crippen LogP contribution in [0.5, 0.6) is 5.75 Å². The van der Waals surface area contributed by atoms with Crippen molar-refractivity contribution in [2.24, 2.45) is 13.0 Å². The van der Waals surface area contributed by atoms with Gasteiger partial charge in [-0.2, -0.15) is 5.10 Å². The summed E-state index contributed by atoms with van der Waals surface area (Å²) in [7, 11) is 1.70. The maximum Gasteiger partial charge on any atom is 0.413 e. The number of carboxylic acid groups (broad SMARTS) is 1. The lowest BCUT2D eigenvalue weighted by atomic mass is 9.87. The predicted octanol–water partition coefficient (Wildman–Crippen LogP) is 3.55. The van der Waals surface area contributed by atoms with E-state index in [-0.39, 0.29) is 12.0 Å². The quantitative estimate of drug-likeness (QED) is 0.735. The number of aryl methyl sites for hydroxylation is 2. The smallest absolute Gasteiger partial charge is 0.413 e. The molecule has 0 radical (unpaired) electrons. The first-order valence-corrected chi connectivity index (χ1v) is 10.3. The van der Waals surface area contributed by atoms with Crippen LogP contribution in [0.1, 0.15) is 52.1 Å². The molecule has 0 spiro atoms. The predicted molar refractivity (Wildman–Crippen MR) is 113 cm³/mol. The summed E-state index contributed by atoms with van der Waals surface area (Å²) in [6.07, 6.45) is 5.14. The number of hydrogen-bond donors (Lipinski definition) is 2. The van der Waals surface area contributed by atoms with Crippen molar-refractivity contribution in [1.82, 2.24) is 19.7 Å². The van der Waals surface area contributed by atoms with Crippen molar-refractivity contribution >= 4 is 17.9 Å². The minimum Gasteiger partial charge on any atom is -0.487 e. The summed E-state index contributed by atoms with van der Waals surface area (Å²) < 4.78 is 12.8. The molecular weight excluding hydrogens is 402 g/mol. The van der Waals surface area contributed by atoms with Gasteiger partial charge < -0.3 is 14.6 Å². The van der Waals surface area contributed by atoms with Gasteiger partial charge in [0.25, 0.3) is 0 Å². The van der Waals surface area contributed by atoms with Crippen molar-refractivity contribution in [3.63, 3.8) is 0 Å². The van der Waals surface area contributed by atoms with Crippen molar-refractivity contribution in [2.45, 2.75) is 65.1 Å². The molecule has 1 saturated carbocycles. The molecule has 10 nitrogen and oxygen atoms in total. The van der Waals surface area contributed by atoms with E-state index in [0.717, 1.165) is 12.8 Å². The molecule has 10 heteroatoms. The molecule has 0 aliphatic heterocycles. The third-order valence-corrected chi connectivity index (χ3v) is 5.00. The molecule has 2 heterocycles. The molecule has 1 fully saturated rings. The van der Waals surface area contributed by atoms with Crippen molar-refractivity contribution in [2.75, 3.05) is 5.32 Å². The van der Waals surface area contributed by atoms with Gasteiger partial charge in [0.05, 0.1) is 35.7 Å². The molecule has 1 amide bonds. The summed E-state index contributed by atoms with van der Waals surface area (Å²) in [5.74, 6) is 0.162. The number of hydrogen-bond acceptors (Lipinski definition) is 7. The topological polar surface area (TPSA) is 128 Å². The zero-order valence-corrected chi connectivity index (χ0v) is 18.5. The summed E-state index contributed by atoms with van der Waals surface area (Å²) in [6, 6.07) is 0. The average Bonchev–Trinajstić information content (AvgIpc) is 3.02. The standard InChI is InChI=1S/C21H29N5O5/c1-12-16(30-14-8-6-7-13(9-14)19(27)28)11-22-17(24-12)15-10-23-26(5)18(15)25-20(29)31-21(2,3)4/h10-11,13-14H,6-9H2,1-5H3,(H,25,29)(H,27,28)/t13-,14-/m0/s1. The number of ether oxygens (including phenoxy) is 2. The Labute approximate surface area is 181 Å². The van der Waals surface area contributed by atoms with E-state index in [2.05, 4.69) is 20.4 Å². The number of nitrogens with one attached hydrogen (secondary N) is 1. The van der Waals surface area contributed by atoms with Crippen molar-refractivity contribution < 1.29 is 24.2 Å². The van der Waals surface area contributed by atoms with Crippen LogP contribution < -0.4 is 10.1 Å². The van der Waals surface area contributed by atoms with Crippen LogP contribution in [0.4, 0.5) is 10.6 Å². The lowest BCUT2D eigenvalue weighted by Gasteiger charge is -2.27. The number of rotatable bonds is 5. The van der Waals surface area contributed by atoms with Gasteiger partial charge in [0.1, 0.15) is 11.4 Å². The summed E-state index contributed by atoms with van der Waals surface area (Å²) in [5, 5.41) is 16.2. The van der Waals surface area contributed by atoms with E-state index in [4.69, 9.17) is 9.47 Å². The fourth-order valence-corrected chi connectivity index (χ4v) is 3.51. The molecule has 0 bridgehead atoms. The van der Waals surface area contributed by atoms with Crippen LogP contribution >= 0.6 is 0 Å². The van der Waals surface area contributed by atoms with E-state index in [9.17, 15) is 14.7 Å². The fourth-order valence-electron chi connectivity index (χ4n) is 3.51. The molecule has 3 rings (SSSR count). The van der Waals surface area contributed by atoms with Crippen LogP contribution in [0.2, 0.25) is 0 Å². The first-order valence-electron chi connectivity index (χ1n) is 10.3. The Morgan fingerprint density at radius 1 is 1.26 bits per heavy atom. The highest BCUT2D eigenvalue weighted by atomic mass is 16.6. The van der Waals surface area contributed by atoms with E-state index in [1.54, 1.807) is 47.1 Å². The normalized spacial score (nSPS) is 19.0. The molecule has 31 heavy (non-hydrogen) atoms. The highest BCUT2D eigenvalue weighted by molar-refractivity contribution is 5.88. The summed E-state index contributed by atoms with van der Waals surface area (Å²) >= 11 is 0. The summed E-state index contributed by atoms with van der Waals surface area (Å²) in [5.41, 5.74) is 0.536. The van der Waals surface area contributed by atoms with Crippen LogP contribution in [0.15, 0.2) is 12.4 Å². The van der Waals surface area contributed by atoms with Gasteiger partial charge in [-0.25, -0.2) is 14.8 Å². The van der Waals surface area contributed by atoms with Gasteiger partial charge >= 0.3 is 12.1 Å². The Kier molecular flexibility index (Phi) is 6.47. The molecule has 2 aromatic rings. The molecule has 2 aromatic heterocycles. The number of nitrogens with zero attached hydrogens (tertiary/aromatic N) is 4. The van der Waals surface area contributed by atoms with Crippen molar-refractivity contribution in [3.05, 3.63) is 18.1 Å². The highest BCUT2D eigenvalue weighted by Crippen LogP contribution is 2.31. The minimum atomic E-state index is -0.779. The van der Waals surface area contributed by atoms with Crippen LogP contribution in [0.3, 0.4) is 0 Å². The number of carboxylic acids is 1. The lowest BCUT2D eigenvalue weighted by Crippen LogP contribution is -2.29. The van der Waals surface area contributed by atoms with Gasteiger partial charge in [-0.3, -0.25) is 14.8 Å². The summed E-state index contributed by atoms with van der Waals surface area (Å²) in [4.78, 5) is 32.4. The van der Waals surface area contributed by atoms with Crippen molar-refractivity contribution in [3.8, 4) is 17.1 Å². The third kappa shape index (κ3) is 5.71. The number of carbonyl (C=O) groups is 2. The molecular formula is C21H29N5O5. The second kappa shape index (κ2) is 8.91. The monoisotopic (exact) mass is 431 g/mol. The molecule has 1 aliphatic rings. The fraction of sp³-hybridized carbons (Fsp3) is 0.571. The van der Waals surface area contributed by atoms with Gasteiger partial charge in [-0.1, -0.05) is 0 Å². The van der Waals surface area contributed by atoms with E-state index >= 15 is 0 Å². The van der Waals surface area contributed by atoms with E-state index < -0.39 is 17.7 Å². The van der Waals surface area contributed by atoms with Gasteiger partial charge in [-0.15, -0.1) is 0 Å². The van der Waals surface area contributed by atoms with Gasteiger partial charge in [0.15, 0.2) is 11.6 Å². The third-order valence-electron chi connectivity index (χ3n) is 5.00. The average molecular weight is 431 g/mol. The van der Waals surface area contributed by atoms with Crippen LogP contribution in [0.25, 0.3) is 11.4 Å². The summed E-state index contributed by atoms with van der Waals surface area (Å²) in [6.45, 7) is 7.15. The van der Waals surface area contributed by atoms with Gasteiger partial charge in [0.2, 0.25) is 0 Å². The molecule has 168 valence electrons. The molecule has 2 atom stereocenters. The Morgan fingerprint density at radius 2 is 2.00 bits per heavy atom. The van der Waals surface area contributed by atoms with Gasteiger partial charge in [-0.05, 0) is 53.4 Å². The van der Waals surface area contributed by atoms with Crippen LogP contribution in [-0.4, -0.2) is 48.6 Å². The second-order valence-corrected chi connectivity index (χ2v) is 8.74. The Bertz CT molecular complexity index is 966. The zero-order chi connectivity index (χ0) is 22.8. The first-order chi connectivity index (χ1) is 14.5. The zero-order valence-electron chi connectivity index (χ0n) is 18.5.